The van der Waals surface area contributed by atoms with Gasteiger partial charge in [-0.3, -0.25) is 4.79 Å². The zero-order valence-corrected chi connectivity index (χ0v) is 16.9. The van der Waals surface area contributed by atoms with Gasteiger partial charge in [-0.25, -0.2) is 4.39 Å². The molecule has 0 bridgehead atoms. The van der Waals surface area contributed by atoms with Gasteiger partial charge in [0.15, 0.2) is 11.5 Å². The van der Waals surface area contributed by atoms with E-state index in [0.29, 0.717) is 49.0 Å². The second-order valence-corrected chi connectivity index (χ2v) is 7.80. The first-order valence-electron chi connectivity index (χ1n) is 10.4. The molecule has 2 aliphatic rings. The molecule has 0 aliphatic carbocycles. The Labute approximate surface area is 178 Å². The highest BCUT2D eigenvalue weighted by molar-refractivity contribution is 5.76. The molecular formula is C23H22FN3O4. The lowest BCUT2D eigenvalue weighted by atomic mass is 9.98. The van der Waals surface area contributed by atoms with Crippen molar-refractivity contribution in [2.45, 2.75) is 31.6 Å². The minimum atomic E-state index is -0.206. The number of hydrogen-bond acceptors (Lipinski definition) is 6. The van der Waals surface area contributed by atoms with Gasteiger partial charge in [0, 0.05) is 31.8 Å². The summed E-state index contributed by atoms with van der Waals surface area (Å²) < 4.78 is 30.4. The quantitative estimate of drug-likeness (QED) is 0.604. The van der Waals surface area contributed by atoms with Crippen LogP contribution in [0.15, 0.2) is 46.9 Å². The van der Waals surface area contributed by atoms with Crippen molar-refractivity contribution in [1.29, 1.82) is 0 Å². The van der Waals surface area contributed by atoms with E-state index in [2.05, 4.69) is 10.2 Å². The lowest BCUT2D eigenvalue weighted by molar-refractivity contribution is -0.130. The number of ether oxygens (including phenoxy) is 2. The zero-order chi connectivity index (χ0) is 21.2. The number of aryl methyl sites for hydroxylation is 1. The molecule has 0 spiro atoms. The number of hydrogen-bond donors (Lipinski definition) is 0. The molecular weight excluding hydrogens is 401 g/mol. The van der Waals surface area contributed by atoms with Crippen LogP contribution in [0.2, 0.25) is 0 Å². The fourth-order valence-electron chi connectivity index (χ4n) is 4.11. The summed E-state index contributed by atoms with van der Waals surface area (Å²) in [5, 5.41) is 8.15. The molecule has 1 atom stereocenters. The van der Waals surface area contributed by atoms with Crippen LogP contribution >= 0.6 is 0 Å². The molecule has 1 amide bonds. The van der Waals surface area contributed by atoms with Gasteiger partial charge in [-0.15, -0.1) is 10.2 Å². The molecule has 1 fully saturated rings. The number of fused-ring (bicyclic) bond motifs is 1. The van der Waals surface area contributed by atoms with Gasteiger partial charge in [-0.1, -0.05) is 24.3 Å². The van der Waals surface area contributed by atoms with Gasteiger partial charge in [0.2, 0.25) is 24.5 Å². The Balaban J connectivity index is 1.14. The molecule has 3 heterocycles. The van der Waals surface area contributed by atoms with Gasteiger partial charge < -0.3 is 18.8 Å². The first-order chi connectivity index (χ1) is 15.2. The molecule has 0 unspecified atom stereocenters. The molecule has 8 heteroatoms. The minimum absolute atomic E-state index is 0.0226. The second kappa shape index (κ2) is 8.37. The van der Waals surface area contributed by atoms with E-state index in [-0.39, 0.29) is 30.9 Å². The molecule has 1 saturated heterocycles. The van der Waals surface area contributed by atoms with Crippen LogP contribution in [0.5, 0.6) is 11.5 Å². The number of amides is 1. The maximum absolute atomic E-state index is 14.0. The van der Waals surface area contributed by atoms with Crippen molar-refractivity contribution < 1.29 is 23.1 Å². The third-order valence-electron chi connectivity index (χ3n) is 5.74. The van der Waals surface area contributed by atoms with Gasteiger partial charge in [-0.05, 0) is 35.7 Å². The number of nitrogens with zero attached hydrogens (tertiary/aromatic N) is 3. The van der Waals surface area contributed by atoms with E-state index in [1.54, 1.807) is 17.0 Å². The molecule has 7 nitrogen and oxygen atoms in total. The number of benzene rings is 2. The second-order valence-electron chi connectivity index (χ2n) is 7.80. The summed E-state index contributed by atoms with van der Waals surface area (Å²) in [6, 6.07) is 12.5. The maximum atomic E-state index is 14.0. The summed E-state index contributed by atoms with van der Waals surface area (Å²) in [6.07, 6.45) is 1.92. The summed E-state index contributed by atoms with van der Waals surface area (Å²) >= 11 is 0. The van der Waals surface area contributed by atoms with Gasteiger partial charge in [-0.2, -0.15) is 0 Å². The number of carbonyl (C=O) groups excluding carboxylic acids is 1. The maximum Gasteiger partial charge on any atom is 0.231 e. The summed E-state index contributed by atoms with van der Waals surface area (Å²) in [5.74, 6) is 2.23. The average Bonchev–Trinajstić information content (AvgIpc) is 3.53. The Morgan fingerprint density at radius 3 is 2.84 bits per heavy atom. The number of halogens is 1. The highest BCUT2D eigenvalue weighted by Crippen LogP contribution is 2.33. The minimum Gasteiger partial charge on any atom is -0.454 e. The lowest BCUT2D eigenvalue weighted by Crippen LogP contribution is -2.28. The number of carbonyl (C=O) groups is 1. The zero-order valence-electron chi connectivity index (χ0n) is 16.9. The van der Waals surface area contributed by atoms with E-state index in [1.165, 1.54) is 6.07 Å². The van der Waals surface area contributed by atoms with Crippen molar-refractivity contribution in [2.24, 2.45) is 0 Å². The van der Waals surface area contributed by atoms with Gasteiger partial charge in [0.1, 0.15) is 5.82 Å². The monoisotopic (exact) mass is 423 g/mol. The van der Waals surface area contributed by atoms with Crippen molar-refractivity contribution in [3.63, 3.8) is 0 Å². The third kappa shape index (κ3) is 4.23. The van der Waals surface area contributed by atoms with E-state index < -0.39 is 0 Å². The largest absolute Gasteiger partial charge is 0.454 e. The molecule has 5 rings (SSSR count). The first kappa shape index (κ1) is 19.5. The number of likely N-dealkylation sites (tertiary alicyclic amines) is 1. The Kier molecular flexibility index (Phi) is 5.28. The molecule has 1 aromatic heterocycles. The van der Waals surface area contributed by atoms with Crippen LogP contribution in [0.1, 0.15) is 41.7 Å². The molecule has 2 aliphatic heterocycles. The van der Waals surface area contributed by atoms with Gasteiger partial charge >= 0.3 is 0 Å². The molecule has 0 saturated carbocycles. The standard InChI is InChI=1S/C23H22FN3O4/c24-18-4-2-1-3-17(18)16-9-10-27(13-16)23(28)8-7-21-25-26-22(31-21)12-15-5-6-19-20(11-15)30-14-29-19/h1-6,11,16H,7-10,12-14H2/t16-/m1/s1. The molecule has 31 heavy (non-hydrogen) atoms. The molecule has 0 radical (unpaired) electrons. The lowest BCUT2D eigenvalue weighted by Gasteiger charge is -2.16. The van der Waals surface area contributed by atoms with Crippen LogP contribution < -0.4 is 9.47 Å². The predicted octanol–water partition coefficient (Wildman–Crippen LogP) is 3.48. The molecule has 3 aromatic rings. The van der Waals surface area contributed by atoms with E-state index >= 15 is 0 Å². The Bertz CT molecular complexity index is 1100. The van der Waals surface area contributed by atoms with E-state index in [4.69, 9.17) is 13.9 Å². The SMILES string of the molecule is O=C(CCc1nnc(Cc2ccc3c(c2)OCO3)o1)N1CC[C@@H](c2ccccc2F)C1. The van der Waals surface area contributed by atoms with Gasteiger partial charge in [0.25, 0.3) is 0 Å². The molecule has 160 valence electrons. The third-order valence-corrected chi connectivity index (χ3v) is 5.74. The normalized spacial score (nSPS) is 17.3. The van der Waals surface area contributed by atoms with Crippen molar-refractivity contribution >= 4 is 5.91 Å². The van der Waals surface area contributed by atoms with Crippen LogP contribution in [-0.2, 0) is 17.6 Å². The Morgan fingerprint density at radius 2 is 1.94 bits per heavy atom. The fraction of sp³-hybridized carbons (Fsp3) is 0.348. The number of aromatic nitrogens is 2. The van der Waals surface area contributed by atoms with Crippen LogP contribution in [0.3, 0.4) is 0 Å². The summed E-state index contributed by atoms with van der Waals surface area (Å²) in [5.41, 5.74) is 1.66. The van der Waals surface area contributed by atoms with Crippen LogP contribution in [0.4, 0.5) is 4.39 Å². The van der Waals surface area contributed by atoms with Crippen LogP contribution in [0.25, 0.3) is 0 Å². The van der Waals surface area contributed by atoms with E-state index in [1.807, 2.05) is 24.3 Å². The highest BCUT2D eigenvalue weighted by Gasteiger charge is 2.28. The Hall–Kier alpha value is -3.42. The van der Waals surface area contributed by atoms with E-state index in [0.717, 1.165) is 17.7 Å². The number of rotatable bonds is 6. The first-order valence-corrected chi connectivity index (χ1v) is 10.4. The summed E-state index contributed by atoms with van der Waals surface area (Å²) in [7, 11) is 0. The topological polar surface area (TPSA) is 77.7 Å². The fourth-order valence-corrected chi connectivity index (χ4v) is 4.11. The highest BCUT2D eigenvalue weighted by atomic mass is 19.1. The predicted molar refractivity (Wildman–Crippen MR) is 108 cm³/mol. The van der Waals surface area contributed by atoms with Crippen molar-refractivity contribution in [1.82, 2.24) is 15.1 Å². The van der Waals surface area contributed by atoms with E-state index in [9.17, 15) is 9.18 Å². The summed E-state index contributed by atoms with van der Waals surface area (Å²) in [4.78, 5) is 14.4. The Morgan fingerprint density at radius 1 is 1.10 bits per heavy atom. The van der Waals surface area contributed by atoms with Crippen molar-refractivity contribution in [3.05, 3.63) is 71.2 Å². The smallest absolute Gasteiger partial charge is 0.231 e. The van der Waals surface area contributed by atoms with Crippen LogP contribution in [0, 0.1) is 5.82 Å². The van der Waals surface area contributed by atoms with Gasteiger partial charge in [0.05, 0.1) is 6.42 Å². The average molecular weight is 423 g/mol. The molecule has 2 aromatic carbocycles. The van der Waals surface area contributed by atoms with Crippen molar-refractivity contribution in [2.75, 3.05) is 19.9 Å². The van der Waals surface area contributed by atoms with Crippen LogP contribution in [-0.4, -0.2) is 40.9 Å². The summed E-state index contributed by atoms with van der Waals surface area (Å²) in [6.45, 7) is 1.41. The van der Waals surface area contributed by atoms with Crippen molar-refractivity contribution in [3.8, 4) is 11.5 Å². The molecule has 0 N–H and O–H groups in total.